The van der Waals surface area contributed by atoms with E-state index in [2.05, 4.69) is 121 Å². The summed E-state index contributed by atoms with van der Waals surface area (Å²) in [6.45, 7) is 0. The van der Waals surface area contributed by atoms with Crippen molar-refractivity contribution < 1.29 is 4.42 Å². The van der Waals surface area contributed by atoms with Crippen molar-refractivity contribution in [3.05, 3.63) is 173 Å². The fourth-order valence-electron chi connectivity index (χ4n) is 7.11. The summed E-state index contributed by atoms with van der Waals surface area (Å²) in [6.07, 6.45) is 1.89. The number of hydrogen-bond acceptors (Lipinski definition) is 4. The Balaban J connectivity index is 1.15. The third kappa shape index (κ3) is 4.80. The van der Waals surface area contributed by atoms with Gasteiger partial charge in [0.2, 0.25) is 0 Å². The van der Waals surface area contributed by atoms with Gasteiger partial charge in [0.1, 0.15) is 17.3 Å². The molecular weight excluding hydrogens is 604 g/mol. The average Bonchev–Trinajstić information content (AvgIpc) is 3.65. The molecule has 2 aromatic heterocycles. The number of para-hydroxylation sites is 1. The number of furan rings is 1. The van der Waals surface area contributed by atoms with E-state index in [0.717, 1.165) is 83.3 Å². The van der Waals surface area contributed by atoms with Gasteiger partial charge in [0.05, 0.1) is 16.7 Å². The van der Waals surface area contributed by atoms with Crippen LogP contribution in [0, 0.1) is 0 Å². The Bertz CT molecular complexity index is 2670. The molecule has 0 saturated carbocycles. The molecule has 0 amide bonds. The Kier molecular flexibility index (Phi) is 6.69. The molecule has 6 aromatic carbocycles. The van der Waals surface area contributed by atoms with Gasteiger partial charge in [0.25, 0.3) is 0 Å². The summed E-state index contributed by atoms with van der Waals surface area (Å²) in [6, 6.07) is 48.1. The standard InChI is InChI=1S/C43H32N4O2/c1-46-37-24-23-30(25-38(37)47(2)43(46)48)27-19-21-28(22-20-27)35-26-36(45-42(44-35)29-11-4-3-5-12-29)32-14-7-6-13-31(32)33-16-10-18-40-41(33)34-15-8-9-17-39(34)49-40/h3-26,42,44H,1-2H3. The number of aliphatic imine (C=N–C) groups is 1. The summed E-state index contributed by atoms with van der Waals surface area (Å²) < 4.78 is 9.63. The maximum Gasteiger partial charge on any atom is 0.328 e. The molecule has 1 unspecified atom stereocenters. The number of rotatable bonds is 5. The van der Waals surface area contributed by atoms with E-state index in [0.29, 0.717) is 0 Å². The third-order valence-corrected chi connectivity index (χ3v) is 9.65. The van der Waals surface area contributed by atoms with E-state index in [1.165, 1.54) is 0 Å². The summed E-state index contributed by atoms with van der Waals surface area (Å²) >= 11 is 0. The summed E-state index contributed by atoms with van der Waals surface area (Å²) in [7, 11) is 3.62. The van der Waals surface area contributed by atoms with Crippen molar-refractivity contribution in [2.24, 2.45) is 19.1 Å². The number of nitrogens with zero attached hydrogens (tertiary/aromatic N) is 3. The summed E-state index contributed by atoms with van der Waals surface area (Å²) in [5, 5.41) is 5.92. The zero-order chi connectivity index (χ0) is 33.1. The van der Waals surface area contributed by atoms with Gasteiger partial charge in [-0.2, -0.15) is 0 Å². The lowest BCUT2D eigenvalue weighted by Gasteiger charge is -2.26. The number of allylic oxidation sites excluding steroid dienone is 1. The van der Waals surface area contributed by atoms with Crippen LogP contribution in [0.3, 0.4) is 0 Å². The largest absolute Gasteiger partial charge is 0.456 e. The van der Waals surface area contributed by atoms with Crippen molar-refractivity contribution in [1.82, 2.24) is 14.5 Å². The monoisotopic (exact) mass is 636 g/mol. The van der Waals surface area contributed by atoms with Crippen LogP contribution in [0.25, 0.3) is 60.9 Å². The van der Waals surface area contributed by atoms with Crippen LogP contribution in [0.1, 0.15) is 22.9 Å². The molecule has 0 spiro atoms. The van der Waals surface area contributed by atoms with E-state index >= 15 is 0 Å². The Morgan fingerprint density at radius 1 is 0.612 bits per heavy atom. The van der Waals surface area contributed by atoms with Crippen molar-refractivity contribution >= 4 is 44.4 Å². The van der Waals surface area contributed by atoms with Crippen molar-refractivity contribution in [3.8, 4) is 22.3 Å². The number of aromatic nitrogens is 2. The molecule has 0 fully saturated rings. The normalized spacial score (nSPS) is 14.6. The minimum atomic E-state index is -0.267. The molecule has 1 aliphatic heterocycles. The zero-order valence-electron chi connectivity index (χ0n) is 27.1. The van der Waals surface area contributed by atoms with Gasteiger partial charge in [-0.05, 0) is 63.7 Å². The lowest BCUT2D eigenvalue weighted by Crippen LogP contribution is -2.25. The van der Waals surface area contributed by atoms with E-state index in [4.69, 9.17) is 9.41 Å². The van der Waals surface area contributed by atoms with Crippen LogP contribution in [-0.2, 0) is 14.1 Å². The van der Waals surface area contributed by atoms with Gasteiger partial charge in [-0.15, -0.1) is 0 Å². The molecule has 0 saturated heterocycles. The molecular formula is C43H32N4O2. The molecule has 0 bridgehead atoms. The van der Waals surface area contributed by atoms with Gasteiger partial charge < -0.3 is 9.73 Å². The topological polar surface area (TPSA) is 64.5 Å². The predicted molar refractivity (Wildman–Crippen MR) is 200 cm³/mol. The lowest BCUT2D eigenvalue weighted by atomic mass is 9.92. The highest BCUT2D eigenvalue weighted by molar-refractivity contribution is 6.19. The van der Waals surface area contributed by atoms with Crippen LogP contribution in [0.15, 0.2) is 160 Å². The van der Waals surface area contributed by atoms with Crippen LogP contribution < -0.4 is 11.0 Å². The van der Waals surface area contributed by atoms with Crippen LogP contribution in [0.5, 0.6) is 0 Å². The first kappa shape index (κ1) is 28.8. The molecule has 236 valence electrons. The molecule has 9 rings (SSSR count). The minimum absolute atomic E-state index is 0.0281. The van der Waals surface area contributed by atoms with Crippen LogP contribution >= 0.6 is 0 Å². The van der Waals surface area contributed by atoms with E-state index in [1.807, 2.05) is 44.4 Å². The highest BCUT2D eigenvalue weighted by Crippen LogP contribution is 2.39. The fourth-order valence-corrected chi connectivity index (χ4v) is 7.11. The maximum atomic E-state index is 12.5. The van der Waals surface area contributed by atoms with Crippen molar-refractivity contribution in [2.45, 2.75) is 6.17 Å². The first-order valence-electron chi connectivity index (χ1n) is 16.4. The molecule has 1 aliphatic rings. The van der Waals surface area contributed by atoms with Crippen LogP contribution in [0.4, 0.5) is 0 Å². The molecule has 6 nitrogen and oxygen atoms in total. The second-order valence-electron chi connectivity index (χ2n) is 12.5. The maximum absolute atomic E-state index is 12.5. The quantitative estimate of drug-likeness (QED) is 0.205. The minimum Gasteiger partial charge on any atom is -0.456 e. The number of aryl methyl sites for hydroxylation is 2. The van der Waals surface area contributed by atoms with Gasteiger partial charge in [-0.25, -0.2) is 4.79 Å². The predicted octanol–water partition coefficient (Wildman–Crippen LogP) is 9.24. The first-order valence-corrected chi connectivity index (χ1v) is 16.4. The number of benzene rings is 6. The smallest absolute Gasteiger partial charge is 0.328 e. The second kappa shape index (κ2) is 11.4. The highest BCUT2D eigenvalue weighted by atomic mass is 16.3. The molecule has 8 aromatic rings. The van der Waals surface area contributed by atoms with Gasteiger partial charge >= 0.3 is 5.69 Å². The van der Waals surface area contributed by atoms with Gasteiger partial charge in [-0.1, -0.05) is 115 Å². The lowest BCUT2D eigenvalue weighted by molar-refractivity contribution is 0.664. The van der Waals surface area contributed by atoms with Gasteiger partial charge in [0.15, 0.2) is 0 Å². The Morgan fingerprint density at radius 3 is 2.10 bits per heavy atom. The summed E-state index contributed by atoms with van der Waals surface area (Å²) in [4.78, 5) is 17.8. The molecule has 6 heteroatoms. The number of hydrogen-bond donors (Lipinski definition) is 1. The molecule has 0 radical (unpaired) electrons. The van der Waals surface area contributed by atoms with Crippen molar-refractivity contribution in [3.63, 3.8) is 0 Å². The highest BCUT2D eigenvalue weighted by Gasteiger charge is 2.22. The van der Waals surface area contributed by atoms with Crippen molar-refractivity contribution in [1.29, 1.82) is 0 Å². The number of imidazole rings is 1. The Hall–Kier alpha value is -6.40. The average molecular weight is 637 g/mol. The number of fused-ring (bicyclic) bond motifs is 4. The van der Waals surface area contributed by atoms with Crippen LogP contribution in [0.2, 0.25) is 0 Å². The second-order valence-corrected chi connectivity index (χ2v) is 12.5. The SMILES string of the molecule is Cn1c(=O)n(C)c2cc(-c3ccc(C4=CC(c5ccccc5-c5cccc6oc7ccccc7c56)=NC(c5ccccc5)N4)cc3)ccc21. The Labute approximate surface area is 282 Å². The molecule has 0 aliphatic carbocycles. The fraction of sp³-hybridized carbons (Fsp3) is 0.0698. The van der Waals surface area contributed by atoms with E-state index in [-0.39, 0.29) is 11.9 Å². The summed E-state index contributed by atoms with van der Waals surface area (Å²) in [5.41, 5.74) is 13.0. The Morgan fingerprint density at radius 2 is 1.27 bits per heavy atom. The third-order valence-electron chi connectivity index (χ3n) is 9.65. The van der Waals surface area contributed by atoms with Gasteiger partial charge in [0, 0.05) is 36.1 Å². The van der Waals surface area contributed by atoms with Crippen LogP contribution in [-0.4, -0.2) is 14.8 Å². The molecule has 1 atom stereocenters. The van der Waals surface area contributed by atoms with E-state index in [1.54, 1.807) is 9.13 Å². The molecule has 1 N–H and O–H groups in total. The van der Waals surface area contributed by atoms with E-state index in [9.17, 15) is 4.79 Å². The van der Waals surface area contributed by atoms with Crippen molar-refractivity contribution in [2.75, 3.05) is 0 Å². The summed E-state index contributed by atoms with van der Waals surface area (Å²) in [5.74, 6) is 0. The molecule has 3 heterocycles. The molecule has 49 heavy (non-hydrogen) atoms. The first-order chi connectivity index (χ1) is 24.0. The van der Waals surface area contributed by atoms with Gasteiger partial charge in [-0.3, -0.25) is 14.1 Å². The van der Waals surface area contributed by atoms with E-state index < -0.39 is 0 Å². The number of nitrogens with one attached hydrogen (secondary N) is 1. The zero-order valence-corrected chi connectivity index (χ0v) is 27.1.